The summed E-state index contributed by atoms with van der Waals surface area (Å²) < 4.78 is 19.5. The van der Waals surface area contributed by atoms with Crippen molar-refractivity contribution in [1.29, 1.82) is 0 Å². The number of hydrogen-bond acceptors (Lipinski definition) is 4. The Balaban J connectivity index is 1.70. The van der Waals surface area contributed by atoms with Gasteiger partial charge >= 0.3 is 0 Å². The molecular formula is C29H31FN2O2. The van der Waals surface area contributed by atoms with E-state index in [0.29, 0.717) is 5.75 Å². The third kappa shape index (κ3) is 5.37. The van der Waals surface area contributed by atoms with E-state index in [-0.39, 0.29) is 11.3 Å². The molecule has 0 aromatic heterocycles. The Morgan fingerprint density at radius 3 is 2.26 bits per heavy atom. The van der Waals surface area contributed by atoms with Crippen LogP contribution in [0.3, 0.4) is 0 Å². The number of nitrogens with zero attached hydrogens (tertiary/aromatic N) is 2. The number of anilines is 1. The SMILES string of the molecule is COc1ccc(C(=O)C=Cc2cc(-c3cc(C)cc(C)c3)ccc2N2CCN(C)CC2)c(F)c1. The zero-order valence-electron chi connectivity index (χ0n) is 20.3. The maximum Gasteiger partial charge on any atom is 0.188 e. The summed E-state index contributed by atoms with van der Waals surface area (Å²) in [6, 6.07) is 17.2. The van der Waals surface area contributed by atoms with Gasteiger partial charge in [-0.15, -0.1) is 0 Å². The van der Waals surface area contributed by atoms with Gasteiger partial charge in [-0.2, -0.15) is 0 Å². The van der Waals surface area contributed by atoms with Gasteiger partial charge in [-0.1, -0.05) is 35.4 Å². The first-order valence-corrected chi connectivity index (χ1v) is 11.6. The average Bonchev–Trinajstić information content (AvgIpc) is 2.82. The van der Waals surface area contributed by atoms with E-state index in [0.717, 1.165) is 48.6 Å². The molecular weight excluding hydrogens is 427 g/mol. The van der Waals surface area contributed by atoms with Crippen molar-refractivity contribution in [1.82, 2.24) is 4.90 Å². The molecule has 0 radical (unpaired) electrons. The highest BCUT2D eigenvalue weighted by Gasteiger charge is 2.17. The normalized spacial score (nSPS) is 14.6. The van der Waals surface area contributed by atoms with Gasteiger partial charge in [-0.25, -0.2) is 4.39 Å². The molecule has 1 aliphatic rings. The van der Waals surface area contributed by atoms with Crippen LogP contribution in [0, 0.1) is 19.7 Å². The minimum absolute atomic E-state index is 0.0312. The maximum atomic E-state index is 14.4. The summed E-state index contributed by atoms with van der Waals surface area (Å²) in [5, 5.41) is 0. The molecule has 0 amide bonds. The number of carbonyl (C=O) groups is 1. The number of benzene rings is 3. The molecule has 0 bridgehead atoms. The first kappa shape index (κ1) is 23.7. The molecule has 1 heterocycles. The van der Waals surface area contributed by atoms with Gasteiger partial charge in [-0.05, 0) is 74.0 Å². The molecule has 34 heavy (non-hydrogen) atoms. The second kappa shape index (κ2) is 10.2. The number of aryl methyl sites for hydroxylation is 2. The minimum atomic E-state index is -0.586. The van der Waals surface area contributed by atoms with Gasteiger partial charge in [0.2, 0.25) is 0 Å². The van der Waals surface area contributed by atoms with E-state index >= 15 is 0 Å². The fourth-order valence-corrected chi connectivity index (χ4v) is 4.42. The number of methoxy groups -OCH3 is 1. The number of hydrogen-bond donors (Lipinski definition) is 0. The van der Waals surface area contributed by atoms with Crippen molar-refractivity contribution in [2.75, 3.05) is 45.2 Å². The molecule has 176 valence electrons. The largest absolute Gasteiger partial charge is 0.497 e. The molecule has 0 spiro atoms. The van der Waals surface area contributed by atoms with Crippen LogP contribution in [-0.2, 0) is 0 Å². The van der Waals surface area contributed by atoms with Gasteiger partial charge in [0.25, 0.3) is 0 Å². The first-order valence-electron chi connectivity index (χ1n) is 11.6. The van der Waals surface area contributed by atoms with Gasteiger partial charge in [0.05, 0.1) is 12.7 Å². The minimum Gasteiger partial charge on any atom is -0.497 e. The molecule has 0 unspecified atom stereocenters. The van der Waals surface area contributed by atoms with Crippen LogP contribution in [0.25, 0.3) is 17.2 Å². The molecule has 0 N–H and O–H groups in total. The van der Waals surface area contributed by atoms with E-state index in [1.165, 1.54) is 36.4 Å². The fourth-order valence-electron chi connectivity index (χ4n) is 4.42. The molecule has 1 fully saturated rings. The van der Waals surface area contributed by atoms with Crippen LogP contribution in [0.1, 0.15) is 27.0 Å². The summed E-state index contributed by atoms with van der Waals surface area (Å²) in [5.74, 6) is -0.574. The maximum absolute atomic E-state index is 14.4. The third-order valence-corrected chi connectivity index (χ3v) is 6.28. The van der Waals surface area contributed by atoms with Crippen molar-refractivity contribution >= 4 is 17.5 Å². The van der Waals surface area contributed by atoms with Gasteiger partial charge < -0.3 is 14.5 Å². The lowest BCUT2D eigenvalue weighted by Crippen LogP contribution is -2.44. The number of halogens is 1. The van der Waals surface area contributed by atoms with Crippen LogP contribution in [0.5, 0.6) is 5.75 Å². The number of ether oxygens (including phenoxy) is 1. The summed E-state index contributed by atoms with van der Waals surface area (Å²) in [5.41, 5.74) is 6.71. The van der Waals surface area contributed by atoms with E-state index in [4.69, 9.17) is 4.74 Å². The van der Waals surface area contributed by atoms with Crippen molar-refractivity contribution in [3.63, 3.8) is 0 Å². The highest BCUT2D eigenvalue weighted by atomic mass is 19.1. The number of allylic oxidation sites excluding steroid dienone is 1. The van der Waals surface area contributed by atoms with Crippen molar-refractivity contribution in [2.24, 2.45) is 0 Å². The van der Waals surface area contributed by atoms with Crippen molar-refractivity contribution in [3.8, 4) is 16.9 Å². The zero-order chi connectivity index (χ0) is 24.2. The fraction of sp³-hybridized carbons (Fsp3) is 0.276. The zero-order valence-corrected chi connectivity index (χ0v) is 20.3. The number of piperazine rings is 1. The Morgan fingerprint density at radius 1 is 0.912 bits per heavy atom. The number of ketones is 1. The molecule has 1 aliphatic heterocycles. The molecule has 4 nitrogen and oxygen atoms in total. The third-order valence-electron chi connectivity index (χ3n) is 6.28. The molecule has 0 aliphatic carbocycles. The van der Waals surface area contributed by atoms with Crippen LogP contribution in [0.4, 0.5) is 10.1 Å². The summed E-state index contributed by atoms with van der Waals surface area (Å²) in [7, 11) is 3.60. The molecule has 1 saturated heterocycles. The predicted octanol–water partition coefficient (Wildman–Crippen LogP) is 5.77. The Labute approximate surface area is 201 Å². The second-order valence-electron chi connectivity index (χ2n) is 8.98. The Hall–Kier alpha value is -3.44. The van der Waals surface area contributed by atoms with Crippen LogP contribution >= 0.6 is 0 Å². The van der Waals surface area contributed by atoms with Crippen molar-refractivity contribution in [2.45, 2.75) is 13.8 Å². The molecule has 3 aromatic carbocycles. The highest BCUT2D eigenvalue weighted by Crippen LogP contribution is 2.31. The lowest BCUT2D eigenvalue weighted by atomic mass is 9.97. The van der Waals surface area contributed by atoms with E-state index in [2.05, 4.69) is 67.1 Å². The van der Waals surface area contributed by atoms with Gasteiger partial charge in [0, 0.05) is 37.9 Å². The van der Waals surface area contributed by atoms with Gasteiger partial charge in [0.1, 0.15) is 11.6 Å². The molecule has 4 rings (SSSR count). The quantitative estimate of drug-likeness (QED) is 0.347. The summed E-state index contributed by atoms with van der Waals surface area (Å²) in [6.45, 7) is 7.99. The van der Waals surface area contributed by atoms with E-state index in [9.17, 15) is 9.18 Å². The Morgan fingerprint density at radius 2 is 1.62 bits per heavy atom. The lowest BCUT2D eigenvalue weighted by Gasteiger charge is -2.35. The van der Waals surface area contributed by atoms with E-state index in [1.807, 2.05) is 6.08 Å². The van der Waals surface area contributed by atoms with E-state index < -0.39 is 5.82 Å². The van der Waals surface area contributed by atoms with Crippen molar-refractivity contribution in [3.05, 3.63) is 88.7 Å². The summed E-state index contributed by atoms with van der Waals surface area (Å²) >= 11 is 0. The topological polar surface area (TPSA) is 32.8 Å². The lowest BCUT2D eigenvalue weighted by molar-refractivity contribution is 0.104. The number of rotatable bonds is 6. The Kier molecular flexibility index (Phi) is 7.13. The van der Waals surface area contributed by atoms with Gasteiger partial charge in [-0.3, -0.25) is 4.79 Å². The molecule has 0 atom stereocenters. The first-order chi connectivity index (χ1) is 16.3. The van der Waals surface area contributed by atoms with Crippen molar-refractivity contribution < 1.29 is 13.9 Å². The molecule has 3 aromatic rings. The van der Waals surface area contributed by atoms with Crippen LogP contribution < -0.4 is 9.64 Å². The predicted molar refractivity (Wildman–Crippen MR) is 137 cm³/mol. The summed E-state index contributed by atoms with van der Waals surface area (Å²) in [4.78, 5) is 17.5. The van der Waals surface area contributed by atoms with Crippen LogP contribution in [0.2, 0.25) is 0 Å². The smallest absolute Gasteiger partial charge is 0.188 e. The Bertz CT molecular complexity index is 1210. The standard InChI is InChI=1S/C29H31FN2O2/c1-20-15-21(2)17-24(16-20)22-5-9-28(32-13-11-31(3)12-14-32)23(18-22)6-10-29(33)26-8-7-25(34-4)19-27(26)30/h5-10,15-19H,11-14H2,1-4H3. The average molecular weight is 459 g/mol. The second-order valence-corrected chi connectivity index (χ2v) is 8.98. The number of carbonyl (C=O) groups excluding carboxylic acids is 1. The molecule has 0 saturated carbocycles. The van der Waals surface area contributed by atoms with Crippen LogP contribution in [-0.4, -0.2) is 51.0 Å². The van der Waals surface area contributed by atoms with Gasteiger partial charge in [0.15, 0.2) is 5.78 Å². The summed E-state index contributed by atoms with van der Waals surface area (Å²) in [6.07, 6.45) is 3.27. The highest BCUT2D eigenvalue weighted by molar-refractivity contribution is 6.07. The molecule has 5 heteroatoms. The monoisotopic (exact) mass is 458 g/mol. The number of likely N-dealkylation sites (N-methyl/N-ethyl adjacent to an activating group) is 1. The van der Waals surface area contributed by atoms with Crippen LogP contribution in [0.15, 0.2) is 60.7 Å². The van der Waals surface area contributed by atoms with E-state index in [1.54, 1.807) is 6.07 Å².